The Morgan fingerprint density at radius 3 is 2.19 bits per heavy atom. The van der Waals surface area contributed by atoms with Crippen molar-refractivity contribution in [2.75, 3.05) is 10.6 Å². The smallest absolute Gasteiger partial charge is 0.244 e. The number of nitrogens with one attached hydrogen (secondary N) is 1. The van der Waals surface area contributed by atoms with Crippen molar-refractivity contribution < 1.29 is 13.2 Å². The predicted octanol–water partition coefficient (Wildman–Crippen LogP) is 4.03. The van der Waals surface area contributed by atoms with E-state index < -0.39 is 22.0 Å². The van der Waals surface area contributed by atoms with Crippen LogP contribution in [0.15, 0.2) is 48.5 Å². The molecule has 0 heterocycles. The van der Waals surface area contributed by atoms with Gasteiger partial charge in [0.05, 0.1) is 28.0 Å². The van der Waals surface area contributed by atoms with Crippen LogP contribution in [0.1, 0.15) is 25.5 Å². The first-order valence-electron chi connectivity index (χ1n) is 7.91. The van der Waals surface area contributed by atoms with Crippen molar-refractivity contribution in [3.8, 4) is 0 Å². The molecule has 2 atom stereocenters. The van der Waals surface area contributed by atoms with E-state index in [1.165, 1.54) is 25.1 Å². The quantitative estimate of drug-likeness (QED) is 0.775. The Kier molecular flexibility index (Phi) is 6.55. The van der Waals surface area contributed by atoms with Gasteiger partial charge in [-0.25, -0.2) is 8.42 Å². The van der Waals surface area contributed by atoms with Crippen LogP contribution >= 0.6 is 23.2 Å². The number of anilines is 1. The Balaban J connectivity index is 2.27. The number of benzene rings is 2. The third-order valence-electron chi connectivity index (χ3n) is 3.90. The van der Waals surface area contributed by atoms with Gasteiger partial charge in [-0.15, -0.1) is 0 Å². The van der Waals surface area contributed by atoms with Gasteiger partial charge in [-0.2, -0.15) is 0 Å². The zero-order valence-electron chi connectivity index (χ0n) is 14.6. The van der Waals surface area contributed by atoms with Crippen molar-refractivity contribution in [2.45, 2.75) is 25.9 Å². The predicted molar refractivity (Wildman–Crippen MR) is 106 cm³/mol. The van der Waals surface area contributed by atoms with E-state index in [9.17, 15) is 13.2 Å². The highest BCUT2D eigenvalue weighted by molar-refractivity contribution is 7.92. The minimum atomic E-state index is -3.72. The fourth-order valence-corrected chi connectivity index (χ4v) is 4.05. The Hall–Kier alpha value is -1.76. The molecule has 0 bridgehead atoms. The van der Waals surface area contributed by atoms with Gasteiger partial charge < -0.3 is 5.32 Å². The topological polar surface area (TPSA) is 66.5 Å². The van der Waals surface area contributed by atoms with Gasteiger partial charge in [0, 0.05) is 0 Å². The van der Waals surface area contributed by atoms with Crippen molar-refractivity contribution >= 4 is 44.8 Å². The molecule has 2 rings (SSSR count). The van der Waals surface area contributed by atoms with Crippen molar-refractivity contribution in [3.63, 3.8) is 0 Å². The highest BCUT2D eigenvalue weighted by Gasteiger charge is 2.30. The fourth-order valence-electron chi connectivity index (χ4n) is 2.59. The maximum Gasteiger partial charge on any atom is 0.244 e. The Morgan fingerprint density at radius 2 is 1.65 bits per heavy atom. The van der Waals surface area contributed by atoms with E-state index in [-0.39, 0.29) is 16.8 Å². The van der Waals surface area contributed by atoms with Crippen molar-refractivity contribution in [1.82, 2.24) is 5.32 Å². The molecule has 0 saturated carbocycles. The first kappa shape index (κ1) is 20.6. The summed E-state index contributed by atoms with van der Waals surface area (Å²) in [4.78, 5) is 12.7. The molecule has 0 unspecified atom stereocenters. The van der Waals surface area contributed by atoms with Gasteiger partial charge >= 0.3 is 0 Å². The van der Waals surface area contributed by atoms with E-state index in [1.807, 2.05) is 37.3 Å². The van der Waals surface area contributed by atoms with Gasteiger partial charge in [0.25, 0.3) is 0 Å². The number of carbonyl (C=O) groups is 1. The minimum absolute atomic E-state index is 0.211. The normalized spacial score (nSPS) is 13.7. The summed E-state index contributed by atoms with van der Waals surface area (Å²) in [6.45, 7) is 3.36. The minimum Gasteiger partial charge on any atom is -0.348 e. The number of amides is 1. The molecule has 8 heteroatoms. The van der Waals surface area contributed by atoms with Crippen LogP contribution in [0.25, 0.3) is 0 Å². The third kappa shape index (κ3) is 4.90. The number of hydrogen-bond donors (Lipinski definition) is 1. The summed E-state index contributed by atoms with van der Waals surface area (Å²) in [6, 6.07) is 12.6. The molecular weight excluding hydrogens is 395 g/mol. The second-order valence-corrected chi connectivity index (χ2v) is 8.65. The molecule has 0 saturated heterocycles. The molecule has 1 N–H and O–H groups in total. The van der Waals surface area contributed by atoms with Gasteiger partial charge in [0.2, 0.25) is 15.9 Å². The van der Waals surface area contributed by atoms with Crippen LogP contribution in [0, 0.1) is 0 Å². The number of halogens is 2. The first-order chi connectivity index (χ1) is 12.1. The molecule has 0 aromatic heterocycles. The highest BCUT2D eigenvalue weighted by Crippen LogP contribution is 2.29. The van der Waals surface area contributed by atoms with Gasteiger partial charge in [-0.3, -0.25) is 9.10 Å². The lowest BCUT2D eigenvalue weighted by Crippen LogP contribution is -2.48. The van der Waals surface area contributed by atoms with Crippen molar-refractivity contribution in [1.29, 1.82) is 0 Å². The fraction of sp³-hybridized carbons (Fsp3) is 0.278. The molecular formula is C18H20Cl2N2O3S. The maximum absolute atomic E-state index is 12.7. The second kappa shape index (κ2) is 8.29. The molecule has 2 aromatic rings. The molecule has 0 aliphatic heterocycles. The summed E-state index contributed by atoms with van der Waals surface area (Å²) < 4.78 is 25.6. The second-order valence-electron chi connectivity index (χ2n) is 5.97. The number of hydrogen-bond acceptors (Lipinski definition) is 3. The summed E-state index contributed by atoms with van der Waals surface area (Å²) in [5.41, 5.74) is 1.20. The summed E-state index contributed by atoms with van der Waals surface area (Å²) >= 11 is 11.9. The van der Waals surface area contributed by atoms with Gasteiger partial charge in [0.1, 0.15) is 6.04 Å². The summed E-state index contributed by atoms with van der Waals surface area (Å²) in [6.07, 6.45) is 1.04. The zero-order chi connectivity index (χ0) is 19.5. The molecule has 0 radical (unpaired) electrons. The van der Waals surface area contributed by atoms with Gasteiger partial charge in [-0.1, -0.05) is 53.5 Å². The van der Waals surface area contributed by atoms with Crippen LogP contribution < -0.4 is 9.62 Å². The number of sulfonamides is 1. The maximum atomic E-state index is 12.7. The first-order valence-corrected chi connectivity index (χ1v) is 10.5. The molecule has 1 amide bonds. The highest BCUT2D eigenvalue weighted by atomic mass is 35.5. The zero-order valence-corrected chi connectivity index (χ0v) is 16.9. The van der Waals surface area contributed by atoms with E-state index >= 15 is 0 Å². The molecule has 5 nitrogen and oxygen atoms in total. The summed E-state index contributed by atoms with van der Waals surface area (Å²) in [5.74, 6) is -0.419. The van der Waals surface area contributed by atoms with E-state index in [4.69, 9.17) is 23.2 Å². The Morgan fingerprint density at radius 1 is 1.04 bits per heavy atom. The average Bonchev–Trinajstić information content (AvgIpc) is 2.57. The molecule has 2 aromatic carbocycles. The number of rotatable bonds is 6. The van der Waals surface area contributed by atoms with Crippen LogP contribution in [0.4, 0.5) is 5.69 Å². The summed E-state index contributed by atoms with van der Waals surface area (Å²) in [7, 11) is -3.72. The third-order valence-corrected chi connectivity index (χ3v) is 5.89. The van der Waals surface area contributed by atoms with Crippen molar-refractivity contribution in [3.05, 3.63) is 64.1 Å². The summed E-state index contributed by atoms with van der Waals surface area (Å²) in [5, 5.41) is 3.36. The van der Waals surface area contributed by atoms with Crippen LogP contribution in [0.3, 0.4) is 0 Å². The van der Waals surface area contributed by atoms with Gasteiger partial charge in [0.15, 0.2) is 0 Å². The molecule has 0 aliphatic carbocycles. The van der Waals surface area contributed by atoms with E-state index in [1.54, 1.807) is 0 Å². The van der Waals surface area contributed by atoms with Crippen LogP contribution in [0.2, 0.25) is 10.0 Å². The Labute approximate surface area is 164 Å². The Bertz CT molecular complexity index is 889. The molecule has 0 spiro atoms. The van der Waals surface area contributed by atoms with Crippen LogP contribution in [0.5, 0.6) is 0 Å². The van der Waals surface area contributed by atoms with E-state index in [2.05, 4.69) is 5.32 Å². The SMILES string of the molecule is C[C@H](NC(=O)[C@H](C)N(c1ccc(Cl)c(Cl)c1)S(C)(=O)=O)c1ccccc1. The van der Waals surface area contributed by atoms with E-state index in [0.29, 0.717) is 5.02 Å². The van der Waals surface area contributed by atoms with Crippen molar-refractivity contribution in [2.24, 2.45) is 0 Å². The lowest BCUT2D eigenvalue weighted by Gasteiger charge is -2.29. The van der Waals surface area contributed by atoms with Crippen LogP contribution in [-0.4, -0.2) is 26.6 Å². The largest absolute Gasteiger partial charge is 0.348 e. The molecule has 0 aliphatic rings. The van der Waals surface area contributed by atoms with Gasteiger partial charge in [-0.05, 0) is 37.6 Å². The van der Waals surface area contributed by atoms with E-state index in [0.717, 1.165) is 16.1 Å². The standard InChI is InChI=1S/C18H20Cl2N2O3S/c1-12(14-7-5-4-6-8-14)21-18(23)13(2)22(26(3,24)25)15-9-10-16(19)17(20)11-15/h4-13H,1-3H3,(H,21,23)/t12-,13-/m0/s1. The number of carbonyl (C=O) groups excluding carboxylic acids is 1. The number of nitrogens with zero attached hydrogens (tertiary/aromatic N) is 1. The average molecular weight is 415 g/mol. The lowest BCUT2D eigenvalue weighted by atomic mass is 10.1. The molecule has 140 valence electrons. The molecule has 0 fully saturated rings. The van der Waals surface area contributed by atoms with Crippen LogP contribution in [-0.2, 0) is 14.8 Å². The monoisotopic (exact) mass is 414 g/mol. The molecule has 26 heavy (non-hydrogen) atoms. The lowest BCUT2D eigenvalue weighted by molar-refractivity contribution is -0.122.